The molecule has 10 rings (SSSR count). The molecule has 0 amide bonds. The smallest absolute Gasteiger partial charge is 0.160 e. The molecule has 260 valence electrons. The van der Waals surface area contributed by atoms with Crippen molar-refractivity contribution >= 4 is 0 Å². The Morgan fingerprint density at radius 2 is 0.909 bits per heavy atom. The zero-order valence-corrected chi connectivity index (χ0v) is 30.4. The van der Waals surface area contributed by atoms with Gasteiger partial charge in [0.05, 0.1) is 16.8 Å². The van der Waals surface area contributed by atoms with Gasteiger partial charge in [-0.2, -0.15) is 0 Å². The molecule has 0 saturated heterocycles. The second kappa shape index (κ2) is 13.8. The maximum absolute atomic E-state index is 5.10. The van der Waals surface area contributed by atoms with E-state index in [-0.39, 0.29) is 5.41 Å². The Hall–Kier alpha value is -6.90. The molecule has 2 nitrogen and oxygen atoms in total. The van der Waals surface area contributed by atoms with Crippen molar-refractivity contribution in [3.63, 3.8) is 0 Å². The molecule has 1 heterocycles. The Morgan fingerprint density at radius 3 is 1.55 bits per heavy atom. The van der Waals surface area contributed by atoms with Crippen LogP contribution in [0.15, 0.2) is 212 Å². The molecule has 0 radical (unpaired) electrons. The molecule has 2 aliphatic carbocycles. The second-order valence-electron chi connectivity index (χ2n) is 14.4. The summed E-state index contributed by atoms with van der Waals surface area (Å²) in [5.41, 5.74) is 17.2. The third-order valence-electron chi connectivity index (χ3n) is 11.2. The molecular weight excluding hydrogens is 665 g/mol. The van der Waals surface area contributed by atoms with Gasteiger partial charge in [0.1, 0.15) is 0 Å². The van der Waals surface area contributed by atoms with E-state index in [0.29, 0.717) is 5.82 Å². The lowest BCUT2D eigenvalue weighted by atomic mass is 9.66. The van der Waals surface area contributed by atoms with Crippen molar-refractivity contribution in [1.82, 2.24) is 9.97 Å². The number of aromatic nitrogens is 2. The molecule has 0 fully saturated rings. The van der Waals surface area contributed by atoms with Crippen LogP contribution in [-0.2, 0) is 5.41 Å². The van der Waals surface area contributed by atoms with Crippen LogP contribution in [0.4, 0.5) is 0 Å². The Labute approximate surface area is 322 Å². The molecular formula is C53H38N2. The standard InChI is InChI=1S/C53H38N2/c1-5-17-37(18-6-1)50-36-51(38-19-7-2-8-20-38)55-52(54-50)43-24-16-23-41(34-43)39-21-15-22-40(33-39)42-31-32-49-47(35-42)46-29-13-14-30-48(46)53(49,44-25-9-3-10-26-44)45-27-11-4-12-28-45/h1-3,5-11,13-36H,4,12H2. The van der Waals surface area contributed by atoms with Crippen molar-refractivity contribution in [3.8, 4) is 67.3 Å². The van der Waals surface area contributed by atoms with Gasteiger partial charge >= 0.3 is 0 Å². The van der Waals surface area contributed by atoms with Crippen molar-refractivity contribution in [3.05, 3.63) is 229 Å². The summed E-state index contributed by atoms with van der Waals surface area (Å²) < 4.78 is 0. The van der Waals surface area contributed by atoms with Crippen molar-refractivity contribution in [2.75, 3.05) is 0 Å². The van der Waals surface area contributed by atoms with Gasteiger partial charge in [-0.3, -0.25) is 0 Å². The molecule has 0 saturated carbocycles. The van der Waals surface area contributed by atoms with Crippen molar-refractivity contribution < 1.29 is 0 Å². The summed E-state index contributed by atoms with van der Waals surface area (Å²) in [4.78, 5) is 10.2. The SMILES string of the molecule is C1=CC(C2(c3ccccc3)c3ccccc3-c3cc(-c4cccc(-c5cccc(-c6nc(-c7ccccc7)cc(-c7ccccc7)n6)c5)c4)ccc32)=CCC1. The molecule has 55 heavy (non-hydrogen) atoms. The largest absolute Gasteiger partial charge is 0.228 e. The first-order chi connectivity index (χ1) is 27.3. The first-order valence-electron chi connectivity index (χ1n) is 19.1. The van der Waals surface area contributed by atoms with Gasteiger partial charge in [0.25, 0.3) is 0 Å². The van der Waals surface area contributed by atoms with Gasteiger partial charge in [-0.1, -0.05) is 182 Å². The highest BCUT2D eigenvalue weighted by molar-refractivity contribution is 5.90. The fourth-order valence-corrected chi connectivity index (χ4v) is 8.64. The Balaban J connectivity index is 1.06. The van der Waals surface area contributed by atoms with Crippen LogP contribution in [0.25, 0.3) is 67.3 Å². The molecule has 2 heteroatoms. The van der Waals surface area contributed by atoms with Crippen LogP contribution in [0.5, 0.6) is 0 Å². The second-order valence-corrected chi connectivity index (χ2v) is 14.4. The number of fused-ring (bicyclic) bond motifs is 3. The summed E-state index contributed by atoms with van der Waals surface area (Å²) in [6, 6.07) is 67.5. The lowest BCUT2D eigenvalue weighted by Gasteiger charge is -2.35. The van der Waals surface area contributed by atoms with Crippen LogP contribution >= 0.6 is 0 Å². The van der Waals surface area contributed by atoms with Crippen LogP contribution in [0.2, 0.25) is 0 Å². The van der Waals surface area contributed by atoms with Crippen molar-refractivity contribution in [1.29, 1.82) is 0 Å². The molecule has 0 spiro atoms. The van der Waals surface area contributed by atoms with Gasteiger partial charge < -0.3 is 0 Å². The fourth-order valence-electron chi connectivity index (χ4n) is 8.64. The Bertz CT molecular complexity index is 2690. The molecule has 0 N–H and O–H groups in total. The summed E-state index contributed by atoms with van der Waals surface area (Å²) in [5.74, 6) is 0.709. The monoisotopic (exact) mass is 702 g/mol. The predicted octanol–water partition coefficient (Wildman–Crippen LogP) is 13.4. The maximum Gasteiger partial charge on any atom is 0.160 e. The van der Waals surface area contributed by atoms with Crippen LogP contribution in [0, 0.1) is 0 Å². The quantitative estimate of drug-likeness (QED) is 0.165. The summed E-state index contributed by atoms with van der Waals surface area (Å²) >= 11 is 0. The molecule has 0 aliphatic heterocycles. The number of rotatable bonds is 7. The van der Waals surface area contributed by atoms with Gasteiger partial charge in [0, 0.05) is 16.7 Å². The highest BCUT2D eigenvalue weighted by atomic mass is 14.9. The normalized spacial score (nSPS) is 15.6. The van der Waals surface area contributed by atoms with E-state index in [9.17, 15) is 0 Å². The molecule has 1 aromatic heterocycles. The van der Waals surface area contributed by atoms with Crippen LogP contribution in [0.1, 0.15) is 29.5 Å². The van der Waals surface area contributed by atoms with E-state index in [0.717, 1.165) is 52.0 Å². The van der Waals surface area contributed by atoms with E-state index < -0.39 is 0 Å². The van der Waals surface area contributed by atoms with E-state index >= 15 is 0 Å². The molecule has 1 unspecified atom stereocenters. The number of benzene rings is 7. The summed E-state index contributed by atoms with van der Waals surface area (Å²) in [6.45, 7) is 0. The maximum atomic E-state index is 5.10. The van der Waals surface area contributed by atoms with Crippen LogP contribution < -0.4 is 0 Å². The van der Waals surface area contributed by atoms with Gasteiger partial charge in [-0.25, -0.2) is 9.97 Å². The third kappa shape index (κ3) is 5.75. The minimum Gasteiger partial charge on any atom is -0.228 e. The highest BCUT2D eigenvalue weighted by Gasteiger charge is 2.46. The summed E-state index contributed by atoms with van der Waals surface area (Å²) in [7, 11) is 0. The highest BCUT2D eigenvalue weighted by Crippen LogP contribution is 2.57. The average molecular weight is 703 g/mol. The Kier molecular flexibility index (Phi) is 8.22. The minimum absolute atomic E-state index is 0.356. The zero-order chi connectivity index (χ0) is 36.6. The third-order valence-corrected chi connectivity index (χ3v) is 11.2. The number of hydrogen-bond acceptors (Lipinski definition) is 2. The lowest BCUT2D eigenvalue weighted by Crippen LogP contribution is -2.29. The first kappa shape index (κ1) is 32.7. The van der Waals surface area contributed by atoms with E-state index in [2.05, 4.69) is 194 Å². The summed E-state index contributed by atoms with van der Waals surface area (Å²) in [5, 5.41) is 0. The van der Waals surface area contributed by atoms with E-state index in [1.165, 1.54) is 44.5 Å². The van der Waals surface area contributed by atoms with E-state index in [4.69, 9.17) is 9.97 Å². The first-order valence-corrected chi connectivity index (χ1v) is 19.1. The number of allylic oxidation sites excluding steroid dienone is 4. The lowest BCUT2D eigenvalue weighted by molar-refractivity contribution is 0.751. The number of nitrogens with zero attached hydrogens (tertiary/aromatic N) is 2. The average Bonchev–Trinajstić information content (AvgIpc) is 3.58. The molecule has 1 atom stereocenters. The van der Waals surface area contributed by atoms with Gasteiger partial charge in [0.2, 0.25) is 0 Å². The fraction of sp³-hybridized carbons (Fsp3) is 0.0566. The molecule has 0 bridgehead atoms. The summed E-state index contributed by atoms with van der Waals surface area (Å²) in [6.07, 6.45) is 9.30. The van der Waals surface area contributed by atoms with Crippen LogP contribution in [-0.4, -0.2) is 9.97 Å². The predicted molar refractivity (Wildman–Crippen MR) is 227 cm³/mol. The minimum atomic E-state index is -0.356. The molecule has 2 aliphatic rings. The van der Waals surface area contributed by atoms with Gasteiger partial charge in [-0.05, 0) is 92.8 Å². The molecule has 7 aromatic carbocycles. The topological polar surface area (TPSA) is 25.8 Å². The molecule has 8 aromatic rings. The van der Waals surface area contributed by atoms with Crippen molar-refractivity contribution in [2.24, 2.45) is 0 Å². The van der Waals surface area contributed by atoms with Crippen molar-refractivity contribution in [2.45, 2.75) is 18.3 Å². The zero-order valence-electron chi connectivity index (χ0n) is 30.4. The van der Waals surface area contributed by atoms with E-state index in [1.54, 1.807) is 0 Å². The van der Waals surface area contributed by atoms with Crippen LogP contribution in [0.3, 0.4) is 0 Å². The number of hydrogen-bond donors (Lipinski definition) is 0. The van der Waals surface area contributed by atoms with Gasteiger partial charge in [0.15, 0.2) is 5.82 Å². The Morgan fingerprint density at radius 1 is 0.382 bits per heavy atom. The van der Waals surface area contributed by atoms with Gasteiger partial charge in [-0.15, -0.1) is 0 Å². The van der Waals surface area contributed by atoms with E-state index in [1.807, 2.05) is 12.1 Å².